The van der Waals surface area contributed by atoms with Gasteiger partial charge in [0.15, 0.2) is 0 Å². The fourth-order valence-corrected chi connectivity index (χ4v) is 4.40. The van der Waals surface area contributed by atoms with Crippen molar-refractivity contribution in [2.75, 3.05) is 33.3 Å². The molecule has 1 aromatic carbocycles. The number of ether oxygens (including phenoxy) is 1. The number of methoxy groups -OCH3 is 1. The Kier molecular flexibility index (Phi) is 5.99. The number of nitrogens with zero attached hydrogens (tertiary/aromatic N) is 2. The number of nitriles is 1. The highest BCUT2D eigenvalue weighted by molar-refractivity contribution is 7.89. The van der Waals surface area contributed by atoms with Crippen molar-refractivity contribution in [3.8, 4) is 11.8 Å². The Balaban J connectivity index is 2.15. The van der Waals surface area contributed by atoms with Gasteiger partial charge in [0.05, 0.1) is 18.7 Å². The van der Waals surface area contributed by atoms with E-state index in [1.807, 2.05) is 6.07 Å². The Morgan fingerprint density at radius 2 is 2.09 bits per heavy atom. The molecule has 23 heavy (non-hydrogen) atoms. The summed E-state index contributed by atoms with van der Waals surface area (Å²) in [5.74, 6) is 0.739. The van der Waals surface area contributed by atoms with Crippen molar-refractivity contribution in [1.29, 1.82) is 5.26 Å². The lowest BCUT2D eigenvalue weighted by Crippen LogP contribution is -2.40. The zero-order valence-electron chi connectivity index (χ0n) is 13.6. The van der Waals surface area contributed by atoms with Crippen LogP contribution in [0.3, 0.4) is 0 Å². The van der Waals surface area contributed by atoms with E-state index in [1.54, 1.807) is 0 Å². The van der Waals surface area contributed by atoms with E-state index in [-0.39, 0.29) is 10.6 Å². The lowest BCUT2D eigenvalue weighted by atomic mass is 9.98. The molecule has 0 aromatic heterocycles. The maximum atomic E-state index is 12.8. The van der Waals surface area contributed by atoms with Crippen LogP contribution in [0, 0.1) is 17.2 Å². The molecule has 1 N–H and O–H groups in total. The Hall–Kier alpha value is -1.62. The Morgan fingerprint density at radius 1 is 1.39 bits per heavy atom. The van der Waals surface area contributed by atoms with E-state index in [0.29, 0.717) is 24.6 Å². The molecule has 1 saturated heterocycles. The standard InChI is InChI=1S/C16H23N3O3S/c1-3-18-12-13-6-8-19(9-7-13)23(20,21)16-5-4-14(11-17)10-15(16)22-2/h4-5,10,13,18H,3,6-9,12H2,1-2H3. The molecule has 1 aromatic rings. The predicted molar refractivity (Wildman–Crippen MR) is 87.7 cm³/mol. The molecule has 1 fully saturated rings. The molecule has 2 rings (SSSR count). The minimum Gasteiger partial charge on any atom is -0.495 e. The van der Waals surface area contributed by atoms with Crippen LogP contribution in [-0.2, 0) is 10.0 Å². The number of hydrogen-bond acceptors (Lipinski definition) is 5. The Labute approximate surface area is 138 Å². The van der Waals surface area contributed by atoms with Crippen LogP contribution >= 0.6 is 0 Å². The lowest BCUT2D eigenvalue weighted by Gasteiger charge is -2.31. The summed E-state index contributed by atoms with van der Waals surface area (Å²) in [6.07, 6.45) is 1.70. The first kappa shape index (κ1) is 17.7. The van der Waals surface area contributed by atoms with Crippen LogP contribution < -0.4 is 10.1 Å². The third-order valence-electron chi connectivity index (χ3n) is 4.17. The van der Waals surface area contributed by atoms with Crippen LogP contribution in [-0.4, -0.2) is 46.0 Å². The van der Waals surface area contributed by atoms with Crippen LogP contribution in [0.2, 0.25) is 0 Å². The molecule has 0 atom stereocenters. The minimum atomic E-state index is -3.60. The van der Waals surface area contributed by atoms with Gasteiger partial charge < -0.3 is 10.1 Å². The average molecular weight is 337 g/mol. The van der Waals surface area contributed by atoms with Gasteiger partial charge in [0.2, 0.25) is 10.0 Å². The van der Waals surface area contributed by atoms with Gasteiger partial charge in [-0.15, -0.1) is 0 Å². The van der Waals surface area contributed by atoms with Gasteiger partial charge >= 0.3 is 0 Å². The van der Waals surface area contributed by atoms with Crippen molar-refractivity contribution in [1.82, 2.24) is 9.62 Å². The highest BCUT2D eigenvalue weighted by Gasteiger charge is 2.31. The number of rotatable bonds is 6. The van der Waals surface area contributed by atoms with Crippen LogP contribution in [0.15, 0.2) is 23.1 Å². The van der Waals surface area contributed by atoms with Gasteiger partial charge in [-0.25, -0.2) is 8.42 Å². The summed E-state index contributed by atoms with van der Waals surface area (Å²) in [6, 6.07) is 6.42. The molecule has 126 valence electrons. The van der Waals surface area contributed by atoms with Gasteiger partial charge in [0.1, 0.15) is 10.6 Å². The normalized spacial score (nSPS) is 16.9. The molecule has 1 aliphatic rings. The van der Waals surface area contributed by atoms with Gasteiger partial charge in [-0.1, -0.05) is 6.92 Å². The topological polar surface area (TPSA) is 82.4 Å². The minimum absolute atomic E-state index is 0.129. The number of benzene rings is 1. The van der Waals surface area contributed by atoms with Crippen LogP contribution in [0.4, 0.5) is 0 Å². The molecule has 0 radical (unpaired) electrons. The van der Waals surface area contributed by atoms with E-state index < -0.39 is 10.0 Å². The molecule has 6 nitrogen and oxygen atoms in total. The Bertz CT molecular complexity index is 674. The first-order valence-corrected chi connectivity index (χ1v) is 9.26. The highest BCUT2D eigenvalue weighted by Crippen LogP contribution is 2.30. The lowest BCUT2D eigenvalue weighted by molar-refractivity contribution is 0.267. The van der Waals surface area contributed by atoms with Gasteiger partial charge in [0, 0.05) is 13.1 Å². The quantitative estimate of drug-likeness (QED) is 0.852. The van der Waals surface area contributed by atoms with E-state index in [0.717, 1.165) is 25.9 Å². The van der Waals surface area contributed by atoms with E-state index in [4.69, 9.17) is 10.00 Å². The van der Waals surface area contributed by atoms with Crippen LogP contribution in [0.25, 0.3) is 0 Å². The smallest absolute Gasteiger partial charge is 0.246 e. The zero-order chi connectivity index (χ0) is 16.9. The monoisotopic (exact) mass is 337 g/mol. The summed E-state index contributed by atoms with van der Waals surface area (Å²) in [4.78, 5) is 0.129. The number of sulfonamides is 1. The SMILES string of the molecule is CCNCC1CCN(S(=O)(=O)c2ccc(C#N)cc2OC)CC1. The Morgan fingerprint density at radius 3 is 2.65 bits per heavy atom. The van der Waals surface area contributed by atoms with Crippen molar-refractivity contribution in [2.45, 2.75) is 24.7 Å². The number of piperidine rings is 1. The first-order chi connectivity index (χ1) is 11.0. The van der Waals surface area contributed by atoms with Gasteiger partial charge in [-0.2, -0.15) is 9.57 Å². The molecule has 0 aliphatic carbocycles. The van der Waals surface area contributed by atoms with Gasteiger partial charge in [0.25, 0.3) is 0 Å². The van der Waals surface area contributed by atoms with E-state index in [1.165, 1.54) is 29.6 Å². The van der Waals surface area contributed by atoms with Gasteiger partial charge in [-0.3, -0.25) is 0 Å². The van der Waals surface area contributed by atoms with Crippen molar-refractivity contribution >= 4 is 10.0 Å². The molecule has 0 amide bonds. The zero-order valence-corrected chi connectivity index (χ0v) is 14.4. The van der Waals surface area contributed by atoms with Crippen molar-refractivity contribution in [3.05, 3.63) is 23.8 Å². The summed E-state index contributed by atoms with van der Waals surface area (Å²) in [5, 5.41) is 12.2. The second-order valence-corrected chi connectivity index (χ2v) is 7.54. The molecule has 0 bridgehead atoms. The molecule has 0 unspecified atom stereocenters. The second kappa shape index (κ2) is 7.77. The fraction of sp³-hybridized carbons (Fsp3) is 0.562. The summed E-state index contributed by atoms with van der Waals surface area (Å²) < 4.78 is 32.4. The highest BCUT2D eigenvalue weighted by atomic mass is 32.2. The molecule has 0 saturated carbocycles. The molecular formula is C16H23N3O3S. The van der Waals surface area contributed by atoms with E-state index in [2.05, 4.69) is 12.2 Å². The van der Waals surface area contributed by atoms with Crippen molar-refractivity contribution in [2.24, 2.45) is 5.92 Å². The maximum absolute atomic E-state index is 12.8. The summed E-state index contributed by atoms with van der Waals surface area (Å²) >= 11 is 0. The first-order valence-electron chi connectivity index (χ1n) is 7.82. The van der Waals surface area contributed by atoms with E-state index in [9.17, 15) is 8.42 Å². The third-order valence-corrected chi connectivity index (χ3v) is 6.11. The summed E-state index contributed by atoms with van der Waals surface area (Å²) in [7, 11) is -2.18. The van der Waals surface area contributed by atoms with Gasteiger partial charge in [-0.05, 0) is 50.0 Å². The molecular weight excluding hydrogens is 314 g/mol. The average Bonchev–Trinajstić information content (AvgIpc) is 2.59. The maximum Gasteiger partial charge on any atom is 0.246 e. The second-order valence-electron chi connectivity index (χ2n) is 5.63. The van der Waals surface area contributed by atoms with E-state index >= 15 is 0 Å². The molecule has 0 spiro atoms. The van der Waals surface area contributed by atoms with Crippen molar-refractivity contribution in [3.63, 3.8) is 0 Å². The fourth-order valence-electron chi connectivity index (χ4n) is 2.79. The summed E-state index contributed by atoms with van der Waals surface area (Å²) in [6.45, 7) is 4.96. The largest absolute Gasteiger partial charge is 0.495 e. The molecule has 1 aliphatic heterocycles. The molecule has 7 heteroatoms. The predicted octanol–water partition coefficient (Wildman–Crippen LogP) is 1.58. The van der Waals surface area contributed by atoms with Crippen molar-refractivity contribution < 1.29 is 13.2 Å². The van der Waals surface area contributed by atoms with Crippen LogP contribution in [0.1, 0.15) is 25.3 Å². The third kappa shape index (κ3) is 4.02. The van der Waals surface area contributed by atoms with Crippen LogP contribution in [0.5, 0.6) is 5.75 Å². The number of nitrogens with one attached hydrogen (secondary N) is 1. The number of hydrogen-bond donors (Lipinski definition) is 1. The summed E-state index contributed by atoms with van der Waals surface area (Å²) in [5.41, 5.74) is 0.380. The molecule has 1 heterocycles.